The monoisotopic (exact) mass is 440 g/mol. The standard InChI is InChI=1S/C21H24N6O3S/c1-15-2-4-16(5-3-15)31(29,30)27-11-6-17-19(18(23)14-24-20(17)27)25-26-12-8-21(28,7-10-22)9-13-26/h2-6,11,14,28H,7-9,12-13,23H2,1H3,(H,24,25). The first-order chi connectivity index (χ1) is 14.7. The highest BCUT2D eigenvalue weighted by atomic mass is 32.2. The molecule has 1 aliphatic rings. The summed E-state index contributed by atoms with van der Waals surface area (Å²) in [6, 6.07) is 10.3. The van der Waals surface area contributed by atoms with E-state index in [1.807, 2.05) is 18.0 Å². The first kappa shape index (κ1) is 21.1. The lowest BCUT2D eigenvalue weighted by atomic mass is 9.89. The van der Waals surface area contributed by atoms with Crippen molar-refractivity contribution in [3.8, 4) is 6.07 Å². The molecule has 4 N–H and O–H groups in total. The van der Waals surface area contributed by atoms with Crippen molar-refractivity contribution in [3.63, 3.8) is 0 Å². The number of anilines is 2. The number of nitrogen functional groups attached to an aromatic ring is 1. The van der Waals surface area contributed by atoms with Gasteiger partial charge in [0.25, 0.3) is 10.0 Å². The minimum absolute atomic E-state index is 0.0994. The summed E-state index contributed by atoms with van der Waals surface area (Å²) in [6.07, 6.45) is 3.90. The largest absolute Gasteiger partial charge is 0.396 e. The van der Waals surface area contributed by atoms with Crippen molar-refractivity contribution >= 4 is 32.4 Å². The molecule has 1 aliphatic heterocycles. The SMILES string of the molecule is Cc1ccc(S(=O)(=O)n2ccc3c(NN4CCC(O)(CC#N)CC4)c(N)cnc32)cc1. The predicted molar refractivity (Wildman–Crippen MR) is 118 cm³/mol. The molecule has 1 fully saturated rings. The summed E-state index contributed by atoms with van der Waals surface area (Å²) in [6.45, 7) is 2.93. The quantitative estimate of drug-likeness (QED) is 0.549. The van der Waals surface area contributed by atoms with Crippen LogP contribution in [0.5, 0.6) is 0 Å². The number of hydrogen-bond acceptors (Lipinski definition) is 8. The Balaban J connectivity index is 1.65. The molecule has 1 saturated heterocycles. The number of aromatic nitrogens is 2. The van der Waals surface area contributed by atoms with Crippen LogP contribution in [0, 0.1) is 18.3 Å². The maximum absolute atomic E-state index is 13.1. The summed E-state index contributed by atoms with van der Waals surface area (Å²) in [4.78, 5) is 4.45. The summed E-state index contributed by atoms with van der Waals surface area (Å²) in [5, 5.41) is 21.8. The lowest BCUT2D eigenvalue weighted by Gasteiger charge is -2.37. The zero-order valence-corrected chi connectivity index (χ0v) is 17.9. The van der Waals surface area contributed by atoms with Crippen molar-refractivity contribution in [2.75, 3.05) is 24.2 Å². The topological polar surface area (TPSA) is 137 Å². The fourth-order valence-electron chi connectivity index (χ4n) is 3.74. The molecular formula is C21H24N6O3S. The number of hydrogen-bond donors (Lipinski definition) is 3. The molecule has 2 aromatic heterocycles. The van der Waals surface area contributed by atoms with Crippen molar-refractivity contribution in [3.05, 3.63) is 48.3 Å². The van der Waals surface area contributed by atoms with Crippen molar-refractivity contribution in [2.24, 2.45) is 0 Å². The van der Waals surface area contributed by atoms with Crippen molar-refractivity contribution in [1.82, 2.24) is 14.0 Å². The van der Waals surface area contributed by atoms with Gasteiger partial charge >= 0.3 is 0 Å². The van der Waals surface area contributed by atoms with Crippen molar-refractivity contribution in [1.29, 1.82) is 5.26 Å². The zero-order valence-electron chi connectivity index (χ0n) is 17.1. The van der Waals surface area contributed by atoms with Crippen LogP contribution in [0.3, 0.4) is 0 Å². The van der Waals surface area contributed by atoms with Crippen molar-refractivity contribution in [2.45, 2.75) is 36.7 Å². The Bertz CT molecular complexity index is 1250. The van der Waals surface area contributed by atoms with E-state index in [1.165, 1.54) is 12.4 Å². The molecule has 0 bridgehead atoms. The van der Waals surface area contributed by atoms with E-state index in [2.05, 4.69) is 10.4 Å². The number of aryl methyl sites for hydroxylation is 1. The zero-order chi connectivity index (χ0) is 22.2. The van der Waals surface area contributed by atoms with E-state index in [0.717, 1.165) is 9.54 Å². The number of rotatable bonds is 5. The number of fused-ring (bicyclic) bond motifs is 1. The maximum atomic E-state index is 13.1. The highest BCUT2D eigenvalue weighted by Gasteiger charge is 2.32. The molecule has 0 radical (unpaired) electrons. The van der Waals surface area contributed by atoms with Gasteiger partial charge in [-0.25, -0.2) is 22.4 Å². The van der Waals surface area contributed by atoms with Crippen LogP contribution in [-0.4, -0.2) is 46.2 Å². The van der Waals surface area contributed by atoms with E-state index in [0.29, 0.717) is 42.7 Å². The molecule has 0 saturated carbocycles. The molecule has 3 aromatic rings. The molecule has 0 spiro atoms. The van der Waals surface area contributed by atoms with Gasteiger partial charge < -0.3 is 16.3 Å². The van der Waals surface area contributed by atoms with Gasteiger partial charge in [-0.3, -0.25) is 0 Å². The minimum atomic E-state index is -3.82. The van der Waals surface area contributed by atoms with Crippen LogP contribution in [0.4, 0.5) is 11.4 Å². The van der Waals surface area contributed by atoms with Crippen LogP contribution in [-0.2, 0) is 10.0 Å². The Labute approximate surface area is 180 Å². The first-order valence-corrected chi connectivity index (χ1v) is 11.4. The van der Waals surface area contributed by atoms with Crippen LogP contribution in [0.25, 0.3) is 11.0 Å². The molecule has 0 atom stereocenters. The first-order valence-electron chi connectivity index (χ1n) is 9.92. The second-order valence-electron chi connectivity index (χ2n) is 7.91. The van der Waals surface area contributed by atoms with Crippen LogP contribution >= 0.6 is 0 Å². The van der Waals surface area contributed by atoms with E-state index in [-0.39, 0.29) is 17.0 Å². The van der Waals surface area contributed by atoms with E-state index in [1.54, 1.807) is 30.3 Å². The number of pyridine rings is 1. The molecule has 0 aliphatic carbocycles. The third kappa shape index (κ3) is 3.95. The number of nitriles is 1. The van der Waals surface area contributed by atoms with Gasteiger partial charge in [-0.1, -0.05) is 17.7 Å². The Kier molecular flexibility index (Phi) is 5.35. The summed E-state index contributed by atoms with van der Waals surface area (Å²) in [7, 11) is -3.82. The second kappa shape index (κ2) is 7.85. The minimum Gasteiger partial charge on any atom is -0.396 e. The van der Waals surface area contributed by atoms with E-state index in [9.17, 15) is 13.5 Å². The Morgan fingerprint density at radius 1 is 1.26 bits per heavy atom. The molecule has 0 amide bonds. The number of nitrogens with zero attached hydrogens (tertiary/aromatic N) is 4. The Morgan fingerprint density at radius 3 is 2.58 bits per heavy atom. The number of piperidine rings is 1. The van der Waals surface area contributed by atoms with Gasteiger partial charge in [0, 0.05) is 24.7 Å². The summed E-state index contributed by atoms with van der Waals surface area (Å²) in [5.41, 5.74) is 10.6. The van der Waals surface area contributed by atoms with Gasteiger partial charge in [0.2, 0.25) is 0 Å². The molecule has 31 heavy (non-hydrogen) atoms. The van der Waals surface area contributed by atoms with Crippen LogP contribution in [0.2, 0.25) is 0 Å². The molecule has 0 unspecified atom stereocenters. The summed E-state index contributed by atoms with van der Waals surface area (Å²) in [5.74, 6) is 0. The van der Waals surface area contributed by atoms with Crippen LogP contribution in [0.15, 0.2) is 47.6 Å². The van der Waals surface area contributed by atoms with Gasteiger partial charge in [0.1, 0.15) is 0 Å². The fraction of sp³-hybridized carbons (Fsp3) is 0.333. The molecule has 3 heterocycles. The van der Waals surface area contributed by atoms with Gasteiger partial charge in [-0.2, -0.15) is 5.26 Å². The third-order valence-electron chi connectivity index (χ3n) is 5.66. The Morgan fingerprint density at radius 2 is 1.94 bits per heavy atom. The number of nitrogens with one attached hydrogen (secondary N) is 1. The molecule has 10 heteroatoms. The summed E-state index contributed by atoms with van der Waals surface area (Å²) >= 11 is 0. The highest BCUT2D eigenvalue weighted by Crippen LogP contribution is 2.32. The maximum Gasteiger partial charge on any atom is 0.269 e. The average Bonchev–Trinajstić information content (AvgIpc) is 3.17. The predicted octanol–water partition coefficient (Wildman–Crippen LogP) is 2.23. The third-order valence-corrected chi connectivity index (χ3v) is 7.34. The van der Waals surface area contributed by atoms with E-state index >= 15 is 0 Å². The lowest BCUT2D eigenvalue weighted by Crippen LogP contribution is -2.46. The summed E-state index contributed by atoms with van der Waals surface area (Å²) < 4.78 is 27.4. The number of hydrazine groups is 1. The van der Waals surface area contributed by atoms with Gasteiger partial charge in [0.05, 0.1) is 40.6 Å². The van der Waals surface area contributed by atoms with Gasteiger partial charge in [-0.05, 0) is 38.0 Å². The van der Waals surface area contributed by atoms with E-state index < -0.39 is 15.6 Å². The number of benzene rings is 1. The molecule has 1 aromatic carbocycles. The highest BCUT2D eigenvalue weighted by molar-refractivity contribution is 7.90. The van der Waals surface area contributed by atoms with Crippen molar-refractivity contribution < 1.29 is 13.5 Å². The molecular weight excluding hydrogens is 416 g/mol. The molecule has 162 valence electrons. The Hall–Kier alpha value is -3.13. The number of nitrogens with two attached hydrogens (primary N) is 1. The lowest BCUT2D eigenvalue weighted by molar-refractivity contribution is -0.0116. The van der Waals surface area contributed by atoms with Crippen LogP contribution < -0.4 is 11.2 Å². The number of aliphatic hydroxyl groups is 1. The van der Waals surface area contributed by atoms with Crippen LogP contribution in [0.1, 0.15) is 24.8 Å². The smallest absolute Gasteiger partial charge is 0.269 e. The normalized spacial score (nSPS) is 16.8. The fourth-order valence-corrected chi connectivity index (χ4v) is 5.04. The van der Waals surface area contributed by atoms with E-state index in [4.69, 9.17) is 11.0 Å². The average molecular weight is 441 g/mol. The molecule has 4 rings (SSSR count). The van der Waals surface area contributed by atoms with Gasteiger partial charge in [-0.15, -0.1) is 0 Å². The van der Waals surface area contributed by atoms with Gasteiger partial charge in [0.15, 0.2) is 5.65 Å². The molecule has 9 nitrogen and oxygen atoms in total. The second-order valence-corrected chi connectivity index (χ2v) is 9.73.